The van der Waals surface area contributed by atoms with E-state index < -0.39 is 0 Å². The minimum absolute atomic E-state index is 0.103. The van der Waals surface area contributed by atoms with E-state index in [4.69, 9.17) is 0 Å². The van der Waals surface area contributed by atoms with Crippen molar-refractivity contribution in [1.29, 1.82) is 0 Å². The number of benzene rings is 2. The maximum atomic E-state index is 12.7. The Morgan fingerprint density at radius 3 is 2.12 bits per heavy atom. The average molecular weight is 430 g/mol. The molecule has 164 valence electrons. The zero-order valence-electron chi connectivity index (χ0n) is 18.2. The highest BCUT2D eigenvalue weighted by Gasteiger charge is 2.22. The normalized spacial score (nSPS) is 13.7. The van der Waals surface area contributed by atoms with E-state index in [9.17, 15) is 9.59 Å². The molecule has 4 rings (SSSR count). The molecule has 32 heavy (non-hydrogen) atoms. The second kappa shape index (κ2) is 10.0. The van der Waals surface area contributed by atoms with Crippen LogP contribution in [0.1, 0.15) is 28.4 Å². The molecule has 0 bridgehead atoms. The highest BCUT2D eigenvalue weighted by atomic mass is 16.2. The Hall–Kier alpha value is -3.74. The predicted octanol–water partition coefficient (Wildman–Crippen LogP) is 3.18. The molecule has 1 aromatic heterocycles. The first-order chi connectivity index (χ1) is 15.6. The van der Waals surface area contributed by atoms with Gasteiger partial charge in [-0.1, -0.05) is 31.2 Å². The van der Waals surface area contributed by atoms with Gasteiger partial charge in [0.25, 0.3) is 5.91 Å². The van der Waals surface area contributed by atoms with Gasteiger partial charge >= 0.3 is 0 Å². The van der Waals surface area contributed by atoms with Crippen LogP contribution >= 0.6 is 0 Å². The number of carbonyl (C=O) groups is 2. The Labute approximate surface area is 188 Å². The van der Waals surface area contributed by atoms with Gasteiger partial charge in [-0.05, 0) is 47.9 Å². The second-order valence-electron chi connectivity index (χ2n) is 7.79. The molecule has 0 spiro atoms. The molecule has 1 aliphatic rings. The van der Waals surface area contributed by atoms with E-state index in [1.165, 1.54) is 5.56 Å². The summed E-state index contributed by atoms with van der Waals surface area (Å²) in [6.07, 6.45) is 4.75. The third-order valence-corrected chi connectivity index (χ3v) is 5.66. The molecule has 1 fully saturated rings. The number of anilines is 2. The van der Waals surface area contributed by atoms with E-state index in [-0.39, 0.29) is 11.8 Å². The Kier molecular flexibility index (Phi) is 6.75. The zero-order chi connectivity index (χ0) is 22.3. The van der Waals surface area contributed by atoms with Crippen molar-refractivity contribution in [2.24, 2.45) is 0 Å². The summed E-state index contributed by atoms with van der Waals surface area (Å²) in [5.74, 6) is 0.668. The summed E-state index contributed by atoms with van der Waals surface area (Å²) >= 11 is 0. The highest BCUT2D eigenvalue weighted by Crippen LogP contribution is 2.15. The van der Waals surface area contributed by atoms with Crippen molar-refractivity contribution < 1.29 is 9.59 Å². The molecule has 0 atom stereocenters. The van der Waals surface area contributed by atoms with Gasteiger partial charge in [0.15, 0.2) is 0 Å². The lowest BCUT2D eigenvalue weighted by molar-refractivity contribution is -0.130. The van der Waals surface area contributed by atoms with Gasteiger partial charge in [-0.2, -0.15) is 0 Å². The Morgan fingerprint density at radius 1 is 0.875 bits per heavy atom. The van der Waals surface area contributed by atoms with Gasteiger partial charge < -0.3 is 15.1 Å². The van der Waals surface area contributed by atoms with Crippen LogP contribution < -0.4 is 10.2 Å². The van der Waals surface area contributed by atoms with Gasteiger partial charge in [0.2, 0.25) is 11.9 Å². The van der Waals surface area contributed by atoms with E-state index in [2.05, 4.69) is 27.1 Å². The van der Waals surface area contributed by atoms with Crippen LogP contribution in [0, 0.1) is 0 Å². The molecule has 2 amide bonds. The van der Waals surface area contributed by atoms with Gasteiger partial charge in [-0.15, -0.1) is 0 Å². The van der Waals surface area contributed by atoms with Crippen molar-refractivity contribution in [1.82, 2.24) is 14.9 Å². The molecule has 0 unspecified atom stereocenters. The summed E-state index contributed by atoms with van der Waals surface area (Å²) in [5.41, 5.74) is 3.46. The van der Waals surface area contributed by atoms with E-state index in [1.54, 1.807) is 18.5 Å². The molecule has 2 heterocycles. The Morgan fingerprint density at radius 2 is 1.50 bits per heavy atom. The molecule has 1 aliphatic heterocycles. The number of aromatic nitrogens is 2. The van der Waals surface area contributed by atoms with Gasteiger partial charge in [-0.25, -0.2) is 9.97 Å². The number of hydrogen-bond donors (Lipinski definition) is 1. The zero-order valence-corrected chi connectivity index (χ0v) is 18.2. The SMILES string of the molecule is CCc1ccc(C(=O)Nc2ccc(CC(=O)N3CCN(c4ncccn4)CC3)cc2)cc1. The number of piperazine rings is 1. The molecule has 3 aromatic rings. The third kappa shape index (κ3) is 5.29. The van der Waals surface area contributed by atoms with Crippen molar-refractivity contribution in [3.8, 4) is 0 Å². The summed E-state index contributed by atoms with van der Waals surface area (Å²) < 4.78 is 0. The van der Waals surface area contributed by atoms with Gasteiger partial charge in [0, 0.05) is 49.8 Å². The van der Waals surface area contributed by atoms with Gasteiger partial charge in [0.1, 0.15) is 0 Å². The van der Waals surface area contributed by atoms with Crippen molar-refractivity contribution in [2.45, 2.75) is 19.8 Å². The standard InChI is InChI=1S/C25H27N5O2/c1-2-19-4-8-21(9-5-19)24(32)28-22-10-6-20(7-11-22)18-23(31)29-14-16-30(17-15-29)25-26-12-3-13-27-25/h3-13H,2,14-18H2,1H3,(H,28,32). The minimum Gasteiger partial charge on any atom is -0.339 e. The van der Waals surface area contributed by atoms with E-state index in [0.29, 0.717) is 36.7 Å². The van der Waals surface area contributed by atoms with Crippen LogP contribution in [0.3, 0.4) is 0 Å². The number of aryl methyl sites for hydroxylation is 1. The maximum Gasteiger partial charge on any atom is 0.255 e. The molecular formula is C25H27N5O2. The number of nitrogens with zero attached hydrogens (tertiary/aromatic N) is 4. The molecular weight excluding hydrogens is 402 g/mol. The highest BCUT2D eigenvalue weighted by molar-refractivity contribution is 6.04. The van der Waals surface area contributed by atoms with Crippen LogP contribution in [0.15, 0.2) is 67.0 Å². The van der Waals surface area contributed by atoms with E-state index >= 15 is 0 Å². The molecule has 7 nitrogen and oxygen atoms in total. The number of amides is 2. The molecule has 2 aromatic carbocycles. The smallest absolute Gasteiger partial charge is 0.255 e. The molecule has 0 aliphatic carbocycles. The quantitative estimate of drug-likeness (QED) is 0.651. The lowest BCUT2D eigenvalue weighted by atomic mass is 10.1. The maximum absolute atomic E-state index is 12.7. The predicted molar refractivity (Wildman–Crippen MR) is 125 cm³/mol. The summed E-state index contributed by atoms with van der Waals surface area (Å²) in [6.45, 7) is 4.84. The summed E-state index contributed by atoms with van der Waals surface area (Å²) in [5, 5.41) is 2.91. The number of hydrogen-bond acceptors (Lipinski definition) is 5. The number of rotatable bonds is 6. The molecule has 7 heteroatoms. The molecule has 0 saturated carbocycles. The van der Waals surface area contributed by atoms with Crippen LogP contribution in [-0.4, -0.2) is 52.9 Å². The summed E-state index contributed by atoms with van der Waals surface area (Å²) in [6, 6.07) is 16.9. The summed E-state index contributed by atoms with van der Waals surface area (Å²) in [4.78, 5) is 37.7. The fraction of sp³-hybridized carbons (Fsp3) is 0.280. The Bertz CT molecular complexity index is 1040. The summed E-state index contributed by atoms with van der Waals surface area (Å²) in [7, 11) is 0. The van der Waals surface area contributed by atoms with Crippen molar-refractivity contribution >= 4 is 23.5 Å². The van der Waals surface area contributed by atoms with Crippen molar-refractivity contribution in [3.05, 3.63) is 83.7 Å². The third-order valence-electron chi connectivity index (χ3n) is 5.66. The lowest BCUT2D eigenvalue weighted by Crippen LogP contribution is -2.49. The van der Waals surface area contributed by atoms with Crippen LogP contribution in [0.2, 0.25) is 0 Å². The first kappa shape index (κ1) is 21.5. The van der Waals surface area contributed by atoms with Crippen molar-refractivity contribution in [2.75, 3.05) is 36.4 Å². The minimum atomic E-state index is -0.142. The Balaban J connectivity index is 1.28. The lowest BCUT2D eigenvalue weighted by Gasteiger charge is -2.34. The molecule has 0 radical (unpaired) electrons. The monoisotopic (exact) mass is 429 g/mol. The van der Waals surface area contributed by atoms with Gasteiger partial charge in [-0.3, -0.25) is 9.59 Å². The van der Waals surface area contributed by atoms with Gasteiger partial charge in [0.05, 0.1) is 6.42 Å². The average Bonchev–Trinajstić information content (AvgIpc) is 2.86. The fourth-order valence-corrected chi connectivity index (χ4v) is 3.70. The number of nitrogens with one attached hydrogen (secondary N) is 1. The number of carbonyl (C=O) groups excluding carboxylic acids is 2. The first-order valence-electron chi connectivity index (χ1n) is 10.9. The second-order valence-corrected chi connectivity index (χ2v) is 7.79. The largest absolute Gasteiger partial charge is 0.339 e. The van der Waals surface area contributed by atoms with E-state index in [0.717, 1.165) is 25.1 Å². The molecule has 1 N–H and O–H groups in total. The first-order valence-corrected chi connectivity index (χ1v) is 10.9. The van der Waals surface area contributed by atoms with E-state index in [1.807, 2.05) is 53.4 Å². The topological polar surface area (TPSA) is 78.4 Å². The van der Waals surface area contributed by atoms with Crippen LogP contribution in [0.25, 0.3) is 0 Å². The fourth-order valence-electron chi connectivity index (χ4n) is 3.70. The van der Waals surface area contributed by atoms with Crippen LogP contribution in [0.5, 0.6) is 0 Å². The van der Waals surface area contributed by atoms with Crippen LogP contribution in [-0.2, 0) is 17.6 Å². The molecule has 1 saturated heterocycles. The van der Waals surface area contributed by atoms with Crippen molar-refractivity contribution in [3.63, 3.8) is 0 Å². The van der Waals surface area contributed by atoms with Crippen LogP contribution in [0.4, 0.5) is 11.6 Å².